The molecule has 1 heterocycles. The monoisotopic (exact) mass is 292 g/mol. The molecule has 0 unspecified atom stereocenters. The van der Waals surface area contributed by atoms with Gasteiger partial charge in [0.1, 0.15) is 13.2 Å². The van der Waals surface area contributed by atoms with Crippen LogP contribution in [0.4, 0.5) is 0 Å². The largest absolute Gasteiger partial charge is 0.486 e. The average Bonchev–Trinajstić information content (AvgIpc) is 2.46. The highest BCUT2D eigenvalue weighted by molar-refractivity contribution is 5.43. The van der Waals surface area contributed by atoms with Gasteiger partial charge in [-0.2, -0.15) is 0 Å². The summed E-state index contributed by atoms with van der Waals surface area (Å²) in [5.74, 6) is 1.72. The minimum atomic E-state index is 0.584. The van der Waals surface area contributed by atoms with Crippen LogP contribution >= 0.6 is 0 Å². The second-order valence-electron chi connectivity index (χ2n) is 6.08. The lowest BCUT2D eigenvalue weighted by Gasteiger charge is -2.30. The van der Waals surface area contributed by atoms with Crippen LogP contribution < -0.4 is 14.8 Å². The predicted octanol–water partition coefficient (Wildman–Crippen LogP) is 2.67. The summed E-state index contributed by atoms with van der Waals surface area (Å²) in [6.07, 6.45) is 0. The number of fused-ring (bicyclic) bond motifs is 1. The normalized spacial score (nSPS) is 14.2. The highest BCUT2D eigenvalue weighted by atomic mass is 16.6. The Bertz CT molecular complexity index is 438. The molecule has 1 aliphatic heterocycles. The van der Waals surface area contributed by atoms with Gasteiger partial charge < -0.3 is 14.8 Å². The minimum Gasteiger partial charge on any atom is -0.486 e. The molecule has 2 rings (SSSR count). The molecule has 1 aromatic rings. The van der Waals surface area contributed by atoms with Crippen molar-refractivity contribution >= 4 is 0 Å². The number of ether oxygens (including phenoxy) is 2. The third-order valence-corrected chi connectivity index (χ3v) is 3.81. The fourth-order valence-corrected chi connectivity index (χ4v) is 2.75. The Morgan fingerprint density at radius 1 is 1.05 bits per heavy atom. The standard InChI is InChI=1S/C17H28N2O2/c1-13(2)19(14(3)4)8-7-18-12-15-5-6-16-17(11-15)21-10-9-20-16/h5-6,11,13-14,18H,7-10,12H2,1-4H3. The van der Waals surface area contributed by atoms with Crippen molar-refractivity contribution in [2.24, 2.45) is 0 Å². The summed E-state index contributed by atoms with van der Waals surface area (Å²) in [7, 11) is 0. The van der Waals surface area contributed by atoms with E-state index >= 15 is 0 Å². The zero-order chi connectivity index (χ0) is 15.2. The molecule has 1 N–H and O–H groups in total. The molecule has 4 heteroatoms. The van der Waals surface area contributed by atoms with Crippen LogP contribution in [0.1, 0.15) is 33.3 Å². The number of hydrogen-bond acceptors (Lipinski definition) is 4. The molecule has 0 saturated carbocycles. The van der Waals surface area contributed by atoms with Gasteiger partial charge >= 0.3 is 0 Å². The molecule has 1 aliphatic rings. The molecule has 0 bridgehead atoms. The van der Waals surface area contributed by atoms with Crippen LogP contribution in [-0.2, 0) is 6.54 Å². The molecule has 0 aliphatic carbocycles. The van der Waals surface area contributed by atoms with Gasteiger partial charge in [0.05, 0.1) is 0 Å². The summed E-state index contributed by atoms with van der Waals surface area (Å²) in [5.41, 5.74) is 1.24. The summed E-state index contributed by atoms with van der Waals surface area (Å²) in [6, 6.07) is 7.34. The number of nitrogens with zero attached hydrogens (tertiary/aromatic N) is 1. The smallest absolute Gasteiger partial charge is 0.161 e. The van der Waals surface area contributed by atoms with Crippen molar-refractivity contribution in [3.8, 4) is 11.5 Å². The first-order valence-corrected chi connectivity index (χ1v) is 7.93. The fourth-order valence-electron chi connectivity index (χ4n) is 2.75. The van der Waals surface area contributed by atoms with E-state index < -0.39 is 0 Å². The molecule has 0 radical (unpaired) electrons. The minimum absolute atomic E-state index is 0.584. The van der Waals surface area contributed by atoms with E-state index in [0.717, 1.165) is 31.1 Å². The van der Waals surface area contributed by atoms with Gasteiger partial charge in [-0.15, -0.1) is 0 Å². The number of hydrogen-bond donors (Lipinski definition) is 1. The highest BCUT2D eigenvalue weighted by Crippen LogP contribution is 2.30. The fraction of sp³-hybridized carbons (Fsp3) is 0.647. The number of benzene rings is 1. The lowest BCUT2D eigenvalue weighted by molar-refractivity contribution is 0.171. The number of nitrogens with one attached hydrogen (secondary N) is 1. The molecule has 0 fully saturated rings. The van der Waals surface area contributed by atoms with Crippen LogP contribution in [0.25, 0.3) is 0 Å². The van der Waals surface area contributed by atoms with Crippen LogP contribution in [-0.4, -0.2) is 43.3 Å². The summed E-state index contributed by atoms with van der Waals surface area (Å²) in [6.45, 7) is 13.2. The Morgan fingerprint density at radius 3 is 2.38 bits per heavy atom. The van der Waals surface area contributed by atoms with Crippen molar-refractivity contribution in [2.75, 3.05) is 26.3 Å². The molecule has 21 heavy (non-hydrogen) atoms. The topological polar surface area (TPSA) is 33.7 Å². The van der Waals surface area contributed by atoms with E-state index in [1.54, 1.807) is 0 Å². The van der Waals surface area contributed by atoms with E-state index in [1.807, 2.05) is 6.07 Å². The third-order valence-electron chi connectivity index (χ3n) is 3.81. The summed E-state index contributed by atoms with van der Waals surface area (Å²) in [4.78, 5) is 2.50. The molecule has 0 spiro atoms. The van der Waals surface area contributed by atoms with E-state index in [9.17, 15) is 0 Å². The molecular formula is C17H28N2O2. The van der Waals surface area contributed by atoms with Crippen molar-refractivity contribution in [3.05, 3.63) is 23.8 Å². The van der Waals surface area contributed by atoms with E-state index in [0.29, 0.717) is 25.3 Å². The Morgan fingerprint density at radius 2 is 1.71 bits per heavy atom. The zero-order valence-corrected chi connectivity index (χ0v) is 13.7. The molecule has 0 amide bonds. The van der Waals surface area contributed by atoms with Crippen molar-refractivity contribution in [2.45, 2.75) is 46.3 Å². The third kappa shape index (κ3) is 4.61. The van der Waals surface area contributed by atoms with Gasteiger partial charge in [0.15, 0.2) is 11.5 Å². The maximum Gasteiger partial charge on any atom is 0.161 e. The Kier molecular flexibility index (Phi) is 5.88. The van der Waals surface area contributed by atoms with Crippen LogP contribution in [0.5, 0.6) is 11.5 Å². The van der Waals surface area contributed by atoms with Crippen molar-refractivity contribution in [1.29, 1.82) is 0 Å². The second-order valence-corrected chi connectivity index (χ2v) is 6.08. The van der Waals surface area contributed by atoms with E-state index in [4.69, 9.17) is 9.47 Å². The first kappa shape index (κ1) is 16.1. The van der Waals surface area contributed by atoms with Gasteiger partial charge in [-0.1, -0.05) is 6.07 Å². The predicted molar refractivity (Wildman–Crippen MR) is 86.1 cm³/mol. The van der Waals surface area contributed by atoms with Gasteiger partial charge in [-0.05, 0) is 45.4 Å². The second kappa shape index (κ2) is 7.66. The lowest BCUT2D eigenvalue weighted by atomic mass is 10.2. The van der Waals surface area contributed by atoms with Gasteiger partial charge in [0, 0.05) is 31.7 Å². The molecule has 0 atom stereocenters. The first-order valence-electron chi connectivity index (χ1n) is 7.93. The maximum atomic E-state index is 5.61. The van der Waals surface area contributed by atoms with Crippen LogP contribution in [0.3, 0.4) is 0 Å². The van der Waals surface area contributed by atoms with Crippen molar-refractivity contribution in [1.82, 2.24) is 10.2 Å². The van der Waals surface area contributed by atoms with Gasteiger partial charge in [-0.25, -0.2) is 0 Å². The SMILES string of the molecule is CC(C)N(CCNCc1ccc2c(c1)OCCO2)C(C)C. The Labute approximate surface area is 128 Å². The molecular weight excluding hydrogens is 264 g/mol. The molecule has 118 valence electrons. The van der Waals surface area contributed by atoms with Crippen LogP contribution in [0, 0.1) is 0 Å². The van der Waals surface area contributed by atoms with Gasteiger partial charge in [-0.3, -0.25) is 4.90 Å². The van der Waals surface area contributed by atoms with Crippen LogP contribution in [0.2, 0.25) is 0 Å². The van der Waals surface area contributed by atoms with Crippen molar-refractivity contribution < 1.29 is 9.47 Å². The molecule has 0 saturated heterocycles. The van der Waals surface area contributed by atoms with Crippen molar-refractivity contribution in [3.63, 3.8) is 0 Å². The Balaban J connectivity index is 1.78. The molecule has 1 aromatic carbocycles. The summed E-state index contributed by atoms with van der Waals surface area (Å²) in [5, 5.41) is 3.51. The summed E-state index contributed by atoms with van der Waals surface area (Å²) >= 11 is 0. The number of rotatable bonds is 7. The van der Waals surface area contributed by atoms with E-state index in [-0.39, 0.29) is 0 Å². The maximum absolute atomic E-state index is 5.61. The summed E-state index contributed by atoms with van der Waals surface area (Å²) < 4.78 is 11.1. The van der Waals surface area contributed by atoms with E-state index in [2.05, 4.69) is 50.0 Å². The Hall–Kier alpha value is -1.26. The molecule has 4 nitrogen and oxygen atoms in total. The average molecular weight is 292 g/mol. The highest BCUT2D eigenvalue weighted by Gasteiger charge is 2.13. The zero-order valence-electron chi connectivity index (χ0n) is 13.7. The van der Waals surface area contributed by atoms with E-state index in [1.165, 1.54) is 5.56 Å². The molecule has 0 aromatic heterocycles. The van der Waals surface area contributed by atoms with Gasteiger partial charge in [0.25, 0.3) is 0 Å². The quantitative estimate of drug-likeness (QED) is 0.783. The lowest BCUT2D eigenvalue weighted by Crippen LogP contribution is -2.41. The first-order chi connectivity index (χ1) is 10.1. The van der Waals surface area contributed by atoms with Gasteiger partial charge in [0.2, 0.25) is 0 Å². The van der Waals surface area contributed by atoms with Crippen LogP contribution in [0.15, 0.2) is 18.2 Å².